The minimum absolute atomic E-state index is 0.0517. The standard InChI is InChI=1S/C28H30N2O3/c1-19-10-12-21(13-11-19)28(32)30-15-14-25-23(18-30)17-26(33-25)22-8-5-9-24(16-22)29-27(31)20-6-3-2-4-7-20/h5,8-13,16-17,20H,2-4,6-7,14-15,18H2,1H3,(H,29,31). The van der Waals surface area contributed by atoms with Gasteiger partial charge in [0, 0.05) is 47.8 Å². The minimum Gasteiger partial charge on any atom is -0.461 e. The smallest absolute Gasteiger partial charge is 0.254 e. The van der Waals surface area contributed by atoms with Gasteiger partial charge in [0.25, 0.3) is 5.91 Å². The van der Waals surface area contributed by atoms with Crippen LogP contribution >= 0.6 is 0 Å². The van der Waals surface area contributed by atoms with E-state index in [1.54, 1.807) is 0 Å². The molecule has 1 aliphatic carbocycles. The molecule has 0 radical (unpaired) electrons. The van der Waals surface area contributed by atoms with Gasteiger partial charge in [0.15, 0.2) is 0 Å². The Morgan fingerprint density at radius 3 is 2.58 bits per heavy atom. The van der Waals surface area contributed by atoms with E-state index in [0.29, 0.717) is 25.1 Å². The average molecular weight is 443 g/mol. The Bertz CT molecular complexity index is 1160. The number of hydrogen-bond donors (Lipinski definition) is 1. The molecule has 1 fully saturated rings. The van der Waals surface area contributed by atoms with Crippen molar-refractivity contribution in [3.63, 3.8) is 0 Å². The van der Waals surface area contributed by atoms with Crippen molar-refractivity contribution in [3.8, 4) is 11.3 Å². The molecule has 1 aliphatic heterocycles. The lowest BCUT2D eigenvalue weighted by molar-refractivity contribution is -0.120. The maximum atomic E-state index is 12.9. The second kappa shape index (κ2) is 9.26. The van der Waals surface area contributed by atoms with Gasteiger partial charge in [0.2, 0.25) is 5.91 Å². The zero-order valence-corrected chi connectivity index (χ0v) is 19.1. The second-order valence-electron chi connectivity index (χ2n) is 9.31. The number of rotatable bonds is 4. The minimum atomic E-state index is 0.0517. The van der Waals surface area contributed by atoms with Crippen LogP contribution in [0.4, 0.5) is 5.69 Å². The molecule has 0 spiro atoms. The highest BCUT2D eigenvalue weighted by Gasteiger charge is 2.25. The van der Waals surface area contributed by atoms with Crippen molar-refractivity contribution < 1.29 is 14.0 Å². The molecule has 5 nitrogen and oxygen atoms in total. The van der Waals surface area contributed by atoms with Crippen molar-refractivity contribution in [2.75, 3.05) is 11.9 Å². The van der Waals surface area contributed by atoms with Gasteiger partial charge in [-0.3, -0.25) is 9.59 Å². The van der Waals surface area contributed by atoms with Crippen molar-refractivity contribution in [2.24, 2.45) is 5.92 Å². The molecule has 1 N–H and O–H groups in total. The monoisotopic (exact) mass is 442 g/mol. The molecule has 3 aromatic rings. The van der Waals surface area contributed by atoms with Gasteiger partial charge in [-0.05, 0) is 50.1 Å². The number of furan rings is 1. The summed E-state index contributed by atoms with van der Waals surface area (Å²) in [5.74, 6) is 2.01. The molecule has 5 rings (SSSR count). The van der Waals surface area contributed by atoms with Crippen LogP contribution in [0.3, 0.4) is 0 Å². The number of anilines is 1. The second-order valence-corrected chi connectivity index (χ2v) is 9.31. The van der Waals surface area contributed by atoms with Crippen LogP contribution < -0.4 is 5.32 Å². The Kier molecular flexibility index (Phi) is 6.03. The van der Waals surface area contributed by atoms with Crippen LogP contribution in [-0.2, 0) is 17.8 Å². The maximum absolute atomic E-state index is 12.9. The summed E-state index contributed by atoms with van der Waals surface area (Å²) < 4.78 is 6.17. The first-order valence-electron chi connectivity index (χ1n) is 12.0. The van der Waals surface area contributed by atoms with Crippen LogP contribution in [0.15, 0.2) is 59.0 Å². The predicted octanol–water partition coefficient (Wildman–Crippen LogP) is 5.97. The van der Waals surface area contributed by atoms with Gasteiger partial charge in [-0.1, -0.05) is 49.1 Å². The lowest BCUT2D eigenvalue weighted by Gasteiger charge is -2.26. The number of fused-ring (bicyclic) bond motifs is 1. The van der Waals surface area contributed by atoms with E-state index in [-0.39, 0.29) is 17.7 Å². The van der Waals surface area contributed by atoms with Gasteiger partial charge in [-0.2, -0.15) is 0 Å². The number of amides is 2. The van der Waals surface area contributed by atoms with E-state index in [1.165, 1.54) is 6.42 Å². The highest BCUT2D eigenvalue weighted by molar-refractivity contribution is 5.94. The van der Waals surface area contributed by atoms with E-state index in [0.717, 1.165) is 59.6 Å². The number of nitrogens with one attached hydrogen (secondary N) is 1. The Morgan fingerprint density at radius 1 is 1.00 bits per heavy atom. The van der Waals surface area contributed by atoms with E-state index in [1.807, 2.05) is 66.4 Å². The summed E-state index contributed by atoms with van der Waals surface area (Å²) in [6.45, 7) is 3.21. The van der Waals surface area contributed by atoms with E-state index in [9.17, 15) is 9.59 Å². The van der Waals surface area contributed by atoms with Gasteiger partial charge in [0.1, 0.15) is 11.5 Å². The summed E-state index contributed by atoms with van der Waals surface area (Å²) in [6.07, 6.45) is 6.17. The largest absolute Gasteiger partial charge is 0.461 e. The molecule has 0 unspecified atom stereocenters. The molecule has 2 aromatic carbocycles. The van der Waals surface area contributed by atoms with Gasteiger partial charge in [0.05, 0.1) is 0 Å². The highest BCUT2D eigenvalue weighted by Crippen LogP contribution is 2.32. The molecule has 5 heteroatoms. The molecular formula is C28H30N2O3. The zero-order valence-electron chi connectivity index (χ0n) is 19.1. The molecule has 2 heterocycles. The Hall–Kier alpha value is -3.34. The van der Waals surface area contributed by atoms with Crippen molar-refractivity contribution in [1.82, 2.24) is 4.90 Å². The van der Waals surface area contributed by atoms with Crippen LogP contribution in [0.1, 0.15) is 59.3 Å². The Balaban J connectivity index is 1.29. The summed E-state index contributed by atoms with van der Waals surface area (Å²) >= 11 is 0. The van der Waals surface area contributed by atoms with Crippen molar-refractivity contribution in [1.29, 1.82) is 0 Å². The number of nitrogens with zero attached hydrogens (tertiary/aromatic N) is 1. The van der Waals surface area contributed by atoms with Gasteiger partial charge >= 0.3 is 0 Å². The molecule has 170 valence electrons. The summed E-state index contributed by atoms with van der Waals surface area (Å²) in [5, 5.41) is 3.09. The third kappa shape index (κ3) is 4.72. The van der Waals surface area contributed by atoms with E-state index in [2.05, 4.69) is 5.32 Å². The molecule has 2 amide bonds. The van der Waals surface area contributed by atoms with Gasteiger partial charge in [-0.15, -0.1) is 0 Å². The molecule has 2 aliphatic rings. The highest BCUT2D eigenvalue weighted by atomic mass is 16.3. The predicted molar refractivity (Wildman–Crippen MR) is 129 cm³/mol. The number of carbonyl (C=O) groups excluding carboxylic acids is 2. The quantitative estimate of drug-likeness (QED) is 0.541. The summed E-state index contributed by atoms with van der Waals surface area (Å²) in [4.78, 5) is 27.5. The lowest BCUT2D eigenvalue weighted by Crippen LogP contribution is -2.35. The fraction of sp³-hybridized carbons (Fsp3) is 0.357. The Morgan fingerprint density at radius 2 is 1.79 bits per heavy atom. The fourth-order valence-corrected chi connectivity index (χ4v) is 4.89. The maximum Gasteiger partial charge on any atom is 0.254 e. The molecule has 1 aromatic heterocycles. The summed E-state index contributed by atoms with van der Waals surface area (Å²) in [5.41, 5.74) is 4.64. The van der Waals surface area contributed by atoms with Crippen LogP contribution in [0.2, 0.25) is 0 Å². The normalized spacial score (nSPS) is 16.3. The first-order chi connectivity index (χ1) is 16.1. The molecular weight excluding hydrogens is 412 g/mol. The topological polar surface area (TPSA) is 62.6 Å². The van der Waals surface area contributed by atoms with E-state index >= 15 is 0 Å². The van der Waals surface area contributed by atoms with E-state index < -0.39 is 0 Å². The lowest BCUT2D eigenvalue weighted by atomic mass is 9.88. The fourth-order valence-electron chi connectivity index (χ4n) is 4.89. The Labute approximate surface area is 194 Å². The number of carbonyl (C=O) groups is 2. The molecule has 33 heavy (non-hydrogen) atoms. The average Bonchev–Trinajstić information content (AvgIpc) is 3.28. The summed E-state index contributed by atoms with van der Waals surface area (Å²) in [7, 11) is 0. The third-order valence-corrected chi connectivity index (χ3v) is 6.84. The van der Waals surface area contributed by atoms with Crippen molar-refractivity contribution in [2.45, 2.75) is 52.0 Å². The summed E-state index contributed by atoms with van der Waals surface area (Å²) in [6, 6.07) is 17.6. The van der Waals surface area contributed by atoms with Crippen molar-refractivity contribution >= 4 is 17.5 Å². The number of hydrogen-bond acceptors (Lipinski definition) is 3. The van der Waals surface area contributed by atoms with Crippen LogP contribution in [-0.4, -0.2) is 23.3 Å². The zero-order chi connectivity index (χ0) is 22.8. The number of benzene rings is 2. The molecule has 1 saturated carbocycles. The first-order valence-corrected chi connectivity index (χ1v) is 12.0. The van der Waals surface area contributed by atoms with E-state index in [4.69, 9.17) is 4.42 Å². The number of aryl methyl sites for hydroxylation is 1. The molecule has 0 atom stereocenters. The third-order valence-electron chi connectivity index (χ3n) is 6.84. The van der Waals surface area contributed by atoms with Crippen LogP contribution in [0.5, 0.6) is 0 Å². The van der Waals surface area contributed by atoms with Crippen molar-refractivity contribution in [3.05, 3.63) is 77.0 Å². The van der Waals surface area contributed by atoms with Gasteiger partial charge < -0.3 is 14.6 Å². The van der Waals surface area contributed by atoms with Crippen LogP contribution in [0.25, 0.3) is 11.3 Å². The molecule has 0 saturated heterocycles. The van der Waals surface area contributed by atoms with Crippen LogP contribution in [0, 0.1) is 12.8 Å². The SMILES string of the molecule is Cc1ccc(C(=O)N2CCc3oc(-c4cccc(NC(=O)C5CCCCC5)c4)cc3C2)cc1. The van der Waals surface area contributed by atoms with Gasteiger partial charge in [-0.25, -0.2) is 0 Å². The molecule has 0 bridgehead atoms. The first kappa shape index (κ1) is 21.5.